The first kappa shape index (κ1) is 32.3. The van der Waals surface area contributed by atoms with Crippen molar-refractivity contribution in [3.63, 3.8) is 0 Å². The Morgan fingerprint density at radius 3 is 2.34 bits per heavy atom. The number of pyridine rings is 1. The molecule has 4 rings (SSSR count). The molecule has 2 heterocycles. The molecule has 2 atom stereocenters. The van der Waals surface area contributed by atoms with Crippen molar-refractivity contribution in [2.75, 3.05) is 5.32 Å². The molecule has 0 saturated carbocycles. The van der Waals surface area contributed by atoms with Crippen LogP contribution in [0.3, 0.4) is 0 Å². The summed E-state index contributed by atoms with van der Waals surface area (Å²) in [5.74, 6) is -5.96. The topological polar surface area (TPSA) is 106 Å². The number of nitrogens with zero attached hydrogens (tertiary/aromatic N) is 3. The van der Waals surface area contributed by atoms with Gasteiger partial charge in [0.25, 0.3) is 11.8 Å². The largest absolute Gasteiger partial charge is 0.416 e. The number of imidazole rings is 1. The van der Waals surface area contributed by atoms with E-state index >= 15 is 0 Å². The number of Topliss-reactive ketones (excluding diaryl/α,β-unsaturated/α-hetero) is 1. The van der Waals surface area contributed by atoms with Gasteiger partial charge in [0.2, 0.25) is 5.82 Å². The van der Waals surface area contributed by atoms with Crippen molar-refractivity contribution in [2.45, 2.75) is 45.5 Å². The van der Waals surface area contributed by atoms with Gasteiger partial charge in [-0.2, -0.15) is 13.2 Å². The molecule has 0 saturated heterocycles. The molecule has 0 radical (unpaired) electrons. The third kappa shape index (κ3) is 7.28. The molecule has 44 heavy (non-hydrogen) atoms. The van der Waals surface area contributed by atoms with Gasteiger partial charge in [0.1, 0.15) is 17.4 Å². The fraction of sp³-hybridized carbons (Fsp3) is 0.233. The Morgan fingerprint density at radius 1 is 0.977 bits per heavy atom. The van der Waals surface area contributed by atoms with E-state index in [1.807, 2.05) is 0 Å². The van der Waals surface area contributed by atoms with Crippen molar-refractivity contribution < 1.29 is 36.3 Å². The van der Waals surface area contributed by atoms with E-state index in [4.69, 9.17) is 11.6 Å². The lowest BCUT2D eigenvalue weighted by molar-refractivity contribution is -0.137. The van der Waals surface area contributed by atoms with Gasteiger partial charge in [-0.05, 0) is 67.9 Å². The quantitative estimate of drug-likeness (QED) is 0.199. The Kier molecular flexibility index (Phi) is 9.47. The molecule has 0 spiro atoms. The smallest absolute Gasteiger partial charge is 0.341 e. The molecule has 0 unspecified atom stereocenters. The summed E-state index contributed by atoms with van der Waals surface area (Å²) in [6.45, 7) is 4.02. The normalized spacial score (nSPS) is 12.8. The monoisotopic (exact) mass is 633 g/mol. The number of carbonyl (C=O) groups is 3. The highest BCUT2D eigenvalue weighted by Crippen LogP contribution is 2.36. The van der Waals surface area contributed by atoms with Crippen LogP contribution in [0, 0.1) is 11.6 Å². The van der Waals surface area contributed by atoms with E-state index in [1.165, 1.54) is 23.8 Å². The second kappa shape index (κ2) is 12.9. The Bertz CT molecular complexity index is 1730. The minimum Gasteiger partial charge on any atom is -0.341 e. The number of anilines is 1. The van der Waals surface area contributed by atoms with Gasteiger partial charge in [-0.15, -0.1) is 0 Å². The molecule has 230 valence electrons. The Morgan fingerprint density at radius 2 is 1.70 bits per heavy atom. The molecule has 0 aliphatic carbocycles. The average molecular weight is 634 g/mol. The zero-order valence-corrected chi connectivity index (χ0v) is 24.2. The number of nitrogens with one attached hydrogen (secondary N) is 2. The predicted octanol–water partition coefficient (Wildman–Crippen LogP) is 6.71. The van der Waals surface area contributed by atoms with Gasteiger partial charge >= 0.3 is 6.18 Å². The van der Waals surface area contributed by atoms with Gasteiger partial charge in [0.05, 0.1) is 29.5 Å². The molecule has 2 N–H and O–H groups in total. The summed E-state index contributed by atoms with van der Waals surface area (Å²) >= 11 is 6.35. The van der Waals surface area contributed by atoms with Crippen molar-refractivity contribution in [2.24, 2.45) is 0 Å². The minimum absolute atomic E-state index is 0.0177. The first-order valence-electron chi connectivity index (χ1n) is 13.1. The number of carbonyl (C=O) groups excluding carboxylic acids is 3. The van der Waals surface area contributed by atoms with E-state index in [0.717, 1.165) is 12.1 Å². The van der Waals surface area contributed by atoms with E-state index in [-0.39, 0.29) is 34.0 Å². The Balaban J connectivity index is 1.85. The molecule has 8 nitrogen and oxygen atoms in total. The fourth-order valence-electron chi connectivity index (χ4n) is 4.58. The molecule has 2 aromatic heterocycles. The van der Waals surface area contributed by atoms with Crippen molar-refractivity contribution in [3.05, 3.63) is 111 Å². The van der Waals surface area contributed by atoms with Gasteiger partial charge in [0.15, 0.2) is 5.82 Å². The maximum Gasteiger partial charge on any atom is 0.416 e. The standard InChI is InChI=1S/C30H25ClF5N5O3/c1-15(42)14-41-25(16(2)22-13-20(32)7-8-23(22)31)26(39-27(41)29(44)38-17(3)24-6-4-5-9-37-24)40-28(43)18-10-19(30(34,35)36)12-21(33)11-18/h4-13,16-17H,14H2,1-3H3,(H,38,44)(H,40,43)/t16-,17+/m0/s1. The van der Waals surface area contributed by atoms with Gasteiger partial charge in [-0.3, -0.25) is 19.4 Å². The Labute approximate surface area is 253 Å². The van der Waals surface area contributed by atoms with Crippen LogP contribution in [0.5, 0.6) is 0 Å². The van der Waals surface area contributed by atoms with Crippen molar-refractivity contribution in [3.8, 4) is 0 Å². The molecule has 0 fully saturated rings. The number of ketones is 1. The molecule has 4 aromatic rings. The van der Waals surface area contributed by atoms with E-state index < -0.39 is 65.0 Å². The molecular formula is C30H25ClF5N5O3. The number of rotatable bonds is 9. The third-order valence-corrected chi connectivity index (χ3v) is 6.97. The highest BCUT2D eigenvalue weighted by Gasteiger charge is 2.33. The average Bonchev–Trinajstić information content (AvgIpc) is 3.30. The summed E-state index contributed by atoms with van der Waals surface area (Å²) in [6, 6.07) is 9.28. The maximum absolute atomic E-state index is 14.3. The highest BCUT2D eigenvalue weighted by atomic mass is 35.5. The van der Waals surface area contributed by atoms with Crippen LogP contribution in [0.2, 0.25) is 5.02 Å². The molecular weight excluding hydrogens is 609 g/mol. The Hall–Kier alpha value is -4.65. The van der Waals surface area contributed by atoms with Crippen LogP contribution in [0.1, 0.15) is 76.2 Å². The zero-order chi connectivity index (χ0) is 32.3. The summed E-state index contributed by atoms with van der Waals surface area (Å²) in [7, 11) is 0. The highest BCUT2D eigenvalue weighted by molar-refractivity contribution is 6.31. The van der Waals surface area contributed by atoms with Crippen LogP contribution in [0.15, 0.2) is 60.8 Å². The number of benzene rings is 2. The number of aromatic nitrogens is 3. The summed E-state index contributed by atoms with van der Waals surface area (Å²) in [5.41, 5.74) is -1.36. The SMILES string of the molecule is CC(=O)Cn1c(C(=O)N[C@H](C)c2ccccn2)nc(NC(=O)c2cc(F)cc(C(F)(F)F)c2)c1[C@@H](C)c1cc(F)ccc1Cl. The fourth-order valence-corrected chi connectivity index (χ4v) is 4.86. The van der Waals surface area contributed by atoms with Gasteiger partial charge in [0, 0.05) is 22.7 Å². The van der Waals surface area contributed by atoms with Gasteiger partial charge in [-0.25, -0.2) is 13.8 Å². The lowest BCUT2D eigenvalue weighted by Crippen LogP contribution is -2.31. The molecule has 0 bridgehead atoms. The molecule has 0 aliphatic rings. The van der Waals surface area contributed by atoms with E-state index in [9.17, 15) is 36.3 Å². The van der Waals surface area contributed by atoms with E-state index in [2.05, 4.69) is 20.6 Å². The first-order valence-corrected chi connectivity index (χ1v) is 13.5. The lowest BCUT2D eigenvalue weighted by atomic mass is 9.96. The van der Waals surface area contributed by atoms with Gasteiger partial charge < -0.3 is 15.2 Å². The number of hydrogen-bond donors (Lipinski definition) is 2. The summed E-state index contributed by atoms with van der Waals surface area (Å²) in [6.07, 6.45) is -3.41. The number of alkyl halides is 3. The van der Waals surface area contributed by atoms with Crippen LogP contribution >= 0.6 is 11.6 Å². The number of halogens is 6. The third-order valence-electron chi connectivity index (χ3n) is 6.62. The van der Waals surface area contributed by atoms with E-state index in [0.29, 0.717) is 17.8 Å². The van der Waals surface area contributed by atoms with E-state index in [1.54, 1.807) is 32.0 Å². The second-order valence-corrected chi connectivity index (χ2v) is 10.4. The summed E-state index contributed by atoms with van der Waals surface area (Å²) in [4.78, 5) is 47.6. The van der Waals surface area contributed by atoms with Crippen molar-refractivity contribution in [1.82, 2.24) is 19.9 Å². The van der Waals surface area contributed by atoms with Crippen LogP contribution in [0.25, 0.3) is 0 Å². The van der Waals surface area contributed by atoms with Crippen LogP contribution in [0.4, 0.5) is 27.8 Å². The van der Waals surface area contributed by atoms with Crippen LogP contribution < -0.4 is 10.6 Å². The molecule has 14 heteroatoms. The molecule has 2 aromatic carbocycles. The van der Waals surface area contributed by atoms with Crippen molar-refractivity contribution in [1.29, 1.82) is 0 Å². The van der Waals surface area contributed by atoms with Crippen molar-refractivity contribution >= 4 is 35.0 Å². The number of amides is 2. The maximum atomic E-state index is 14.3. The van der Waals surface area contributed by atoms with Crippen LogP contribution in [-0.2, 0) is 17.5 Å². The summed E-state index contributed by atoms with van der Waals surface area (Å²) < 4.78 is 69.5. The minimum atomic E-state index is -4.94. The molecule has 2 amide bonds. The number of hydrogen-bond acceptors (Lipinski definition) is 5. The van der Waals surface area contributed by atoms with Gasteiger partial charge in [-0.1, -0.05) is 24.6 Å². The first-order chi connectivity index (χ1) is 20.6. The second-order valence-electron chi connectivity index (χ2n) is 9.98. The molecule has 0 aliphatic heterocycles. The zero-order valence-electron chi connectivity index (χ0n) is 23.5. The summed E-state index contributed by atoms with van der Waals surface area (Å²) in [5, 5.41) is 5.17. The predicted molar refractivity (Wildman–Crippen MR) is 151 cm³/mol. The lowest BCUT2D eigenvalue weighted by Gasteiger charge is -2.19. The van der Waals surface area contributed by atoms with Crippen LogP contribution in [-0.4, -0.2) is 32.1 Å².